The zero-order valence-electron chi connectivity index (χ0n) is 12.7. The molecule has 4 aliphatic heterocycles. The van der Waals surface area contributed by atoms with Crippen LogP contribution in [0.25, 0.3) is 0 Å². The van der Waals surface area contributed by atoms with E-state index in [4.69, 9.17) is 0 Å². The Hall–Kier alpha value is -1.35. The molecule has 0 unspecified atom stereocenters. The Morgan fingerprint density at radius 1 is 1.14 bits per heavy atom. The molecule has 1 amide bonds. The molecule has 21 heavy (non-hydrogen) atoms. The number of amides is 1. The summed E-state index contributed by atoms with van der Waals surface area (Å²) in [4.78, 5) is 17.1. The largest absolute Gasteiger partial charge is 0.338 e. The smallest absolute Gasteiger partial charge is 0.223 e. The number of carbonyl (C=O) groups is 1. The number of fused-ring (bicyclic) bond motifs is 2. The van der Waals surface area contributed by atoms with E-state index in [0.717, 1.165) is 26.1 Å². The fraction of sp³-hybridized carbons (Fsp3) is 0.611. The topological polar surface area (TPSA) is 23.6 Å². The van der Waals surface area contributed by atoms with Crippen LogP contribution < -0.4 is 0 Å². The first kappa shape index (κ1) is 13.3. The molecule has 0 aromatic heterocycles. The first-order chi connectivity index (χ1) is 10.2. The van der Waals surface area contributed by atoms with Crippen LogP contribution in [0.3, 0.4) is 0 Å². The van der Waals surface area contributed by atoms with E-state index in [2.05, 4.69) is 47.1 Å². The summed E-state index contributed by atoms with van der Waals surface area (Å²) in [5.74, 6) is 1.58. The van der Waals surface area contributed by atoms with Gasteiger partial charge in [0.15, 0.2) is 0 Å². The van der Waals surface area contributed by atoms with Gasteiger partial charge in [-0.25, -0.2) is 0 Å². The molecule has 2 bridgehead atoms. The summed E-state index contributed by atoms with van der Waals surface area (Å²) in [6.07, 6.45) is 3.31. The molecular weight excluding hydrogens is 260 g/mol. The summed E-state index contributed by atoms with van der Waals surface area (Å²) in [5, 5.41) is 0. The summed E-state index contributed by atoms with van der Waals surface area (Å²) < 4.78 is 0. The minimum Gasteiger partial charge on any atom is -0.338 e. The molecular formula is C18H24N2O. The van der Waals surface area contributed by atoms with Crippen molar-refractivity contribution in [1.29, 1.82) is 0 Å². The monoisotopic (exact) mass is 284 g/mol. The molecule has 0 aliphatic carbocycles. The minimum absolute atomic E-state index is 0.394. The van der Waals surface area contributed by atoms with Crippen LogP contribution in [0.1, 0.15) is 31.7 Å². The summed E-state index contributed by atoms with van der Waals surface area (Å²) >= 11 is 0. The maximum Gasteiger partial charge on any atom is 0.223 e. The van der Waals surface area contributed by atoms with Gasteiger partial charge in [0.25, 0.3) is 0 Å². The maximum absolute atomic E-state index is 12.3. The van der Waals surface area contributed by atoms with Crippen molar-refractivity contribution in [3.8, 4) is 0 Å². The lowest BCUT2D eigenvalue weighted by molar-refractivity contribution is -0.129. The van der Waals surface area contributed by atoms with Gasteiger partial charge in [0.1, 0.15) is 0 Å². The van der Waals surface area contributed by atoms with Crippen molar-refractivity contribution >= 4 is 5.91 Å². The molecule has 4 fully saturated rings. The van der Waals surface area contributed by atoms with Crippen molar-refractivity contribution in [3.05, 3.63) is 35.9 Å². The van der Waals surface area contributed by atoms with Gasteiger partial charge in [0.2, 0.25) is 5.91 Å². The molecule has 1 aromatic carbocycles. The lowest BCUT2D eigenvalue weighted by Gasteiger charge is -2.40. The zero-order valence-corrected chi connectivity index (χ0v) is 12.7. The van der Waals surface area contributed by atoms with Crippen LogP contribution in [0.4, 0.5) is 0 Å². The van der Waals surface area contributed by atoms with Crippen LogP contribution in [0, 0.1) is 11.8 Å². The quantitative estimate of drug-likeness (QED) is 0.833. The van der Waals surface area contributed by atoms with Crippen LogP contribution in [-0.4, -0.2) is 40.9 Å². The molecule has 1 aromatic rings. The third kappa shape index (κ3) is 2.28. The molecule has 0 N–H and O–H groups in total. The van der Waals surface area contributed by atoms with Crippen molar-refractivity contribution in [2.45, 2.75) is 44.8 Å². The van der Waals surface area contributed by atoms with Crippen molar-refractivity contribution in [3.63, 3.8) is 0 Å². The molecule has 3 heteroatoms. The van der Waals surface area contributed by atoms with Crippen molar-refractivity contribution in [2.75, 3.05) is 13.1 Å². The highest BCUT2D eigenvalue weighted by molar-refractivity contribution is 5.79. The Bertz CT molecular complexity index is 529. The fourth-order valence-corrected chi connectivity index (χ4v) is 4.76. The van der Waals surface area contributed by atoms with E-state index in [9.17, 15) is 4.79 Å². The number of carbonyl (C=O) groups excluding carboxylic acids is 1. The molecule has 4 aliphatic rings. The lowest BCUT2D eigenvalue weighted by atomic mass is 9.87. The number of hydrogen-bond donors (Lipinski definition) is 0. The molecule has 3 nitrogen and oxygen atoms in total. The highest BCUT2D eigenvalue weighted by atomic mass is 16.2. The van der Waals surface area contributed by atoms with E-state index < -0.39 is 0 Å². The molecule has 4 heterocycles. The lowest BCUT2D eigenvalue weighted by Crippen LogP contribution is -2.49. The molecule has 4 atom stereocenters. The number of piperidine rings is 1. The third-order valence-corrected chi connectivity index (χ3v) is 5.67. The Balaban J connectivity index is 1.61. The van der Waals surface area contributed by atoms with Gasteiger partial charge in [-0.15, -0.1) is 0 Å². The SMILES string of the molecule is C[C@@H]1CC(=O)N2C[C@@H]3CC[C@H]([C@H]12)N(Cc1ccccc1)C3. The van der Waals surface area contributed by atoms with Gasteiger partial charge in [-0.3, -0.25) is 9.69 Å². The number of rotatable bonds is 2. The molecule has 0 spiro atoms. The average molecular weight is 284 g/mol. The summed E-state index contributed by atoms with van der Waals surface area (Å²) in [6, 6.07) is 11.8. The second kappa shape index (κ2) is 5.13. The van der Waals surface area contributed by atoms with E-state index in [0.29, 0.717) is 29.8 Å². The molecule has 0 radical (unpaired) electrons. The second-order valence-corrected chi connectivity index (χ2v) is 7.14. The molecule has 4 saturated heterocycles. The van der Waals surface area contributed by atoms with Crippen molar-refractivity contribution in [1.82, 2.24) is 9.80 Å². The standard InChI is InChI=1S/C18H24N2O/c1-13-9-17(21)20-12-15-7-8-16(18(13)20)19(11-15)10-14-5-3-2-4-6-14/h2-6,13,15-16,18H,7-12H2,1H3/t13-,15-,16-,18+/m1/s1. The van der Waals surface area contributed by atoms with Gasteiger partial charge in [0, 0.05) is 32.1 Å². The van der Waals surface area contributed by atoms with Crippen LogP contribution in [0.5, 0.6) is 0 Å². The summed E-state index contributed by atoms with van der Waals surface area (Å²) in [5.41, 5.74) is 1.40. The van der Waals surface area contributed by atoms with Crippen LogP contribution in [0.2, 0.25) is 0 Å². The number of nitrogens with zero attached hydrogens (tertiary/aromatic N) is 2. The normalized spacial score (nSPS) is 35.9. The highest BCUT2D eigenvalue weighted by Gasteiger charge is 2.49. The number of benzene rings is 1. The zero-order chi connectivity index (χ0) is 14.4. The van der Waals surface area contributed by atoms with E-state index in [1.54, 1.807) is 0 Å². The summed E-state index contributed by atoms with van der Waals surface area (Å²) in [7, 11) is 0. The minimum atomic E-state index is 0.394. The van der Waals surface area contributed by atoms with Crippen LogP contribution in [-0.2, 0) is 11.3 Å². The third-order valence-electron chi connectivity index (χ3n) is 5.67. The van der Waals surface area contributed by atoms with Gasteiger partial charge >= 0.3 is 0 Å². The molecule has 0 saturated carbocycles. The van der Waals surface area contributed by atoms with E-state index in [1.807, 2.05) is 0 Å². The van der Waals surface area contributed by atoms with Gasteiger partial charge in [-0.05, 0) is 30.2 Å². The van der Waals surface area contributed by atoms with Crippen LogP contribution >= 0.6 is 0 Å². The first-order valence-electron chi connectivity index (χ1n) is 8.30. The summed E-state index contributed by atoms with van der Waals surface area (Å²) in [6.45, 7) is 5.46. The number of hydrogen-bond acceptors (Lipinski definition) is 2. The maximum atomic E-state index is 12.3. The van der Waals surface area contributed by atoms with Crippen LogP contribution in [0.15, 0.2) is 30.3 Å². The predicted octanol–water partition coefficient (Wildman–Crippen LogP) is 2.52. The first-order valence-corrected chi connectivity index (χ1v) is 8.30. The second-order valence-electron chi connectivity index (χ2n) is 7.14. The van der Waals surface area contributed by atoms with Gasteiger partial charge in [0.05, 0.1) is 6.04 Å². The van der Waals surface area contributed by atoms with Crippen molar-refractivity contribution in [2.24, 2.45) is 11.8 Å². The Labute approximate surface area is 126 Å². The fourth-order valence-electron chi connectivity index (χ4n) is 4.76. The molecule has 5 rings (SSSR count). The van der Waals surface area contributed by atoms with Gasteiger partial charge < -0.3 is 4.90 Å². The molecule has 112 valence electrons. The average Bonchev–Trinajstić information content (AvgIpc) is 2.66. The predicted molar refractivity (Wildman–Crippen MR) is 82.6 cm³/mol. The van der Waals surface area contributed by atoms with Gasteiger partial charge in [-0.2, -0.15) is 0 Å². The highest BCUT2D eigenvalue weighted by Crippen LogP contribution is 2.40. The Morgan fingerprint density at radius 3 is 2.76 bits per heavy atom. The van der Waals surface area contributed by atoms with E-state index in [1.165, 1.54) is 18.4 Å². The van der Waals surface area contributed by atoms with E-state index in [-0.39, 0.29) is 0 Å². The Kier molecular flexibility index (Phi) is 3.26. The van der Waals surface area contributed by atoms with E-state index >= 15 is 0 Å². The van der Waals surface area contributed by atoms with Crippen molar-refractivity contribution < 1.29 is 4.79 Å². The van der Waals surface area contributed by atoms with Gasteiger partial charge in [-0.1, -0.05) is 37.3 Å². The Morgan fingerprint density at radius 2 is 1.95 bits per heavy atom.